The number of aromatic nitrogens is 1. The van der Waals surface area contributed by atoms with Crippen LogP contribution in [0.5, 0.6) is 0 Å². The first-order valence-corrected chi connectivity index (χ1v) is 6.39. The minimum Gasteiger partial charge on any atom is -0.369 e. The van der Waals surface area contributed by atoms with Crippen LogP contribution in [-0.2, 0) is 0 Å². The maximum atomic E-state index is 5.54. The van der Waals surface area contributed by atoms with Crippen molar-refractivity contribution in [2.75, 3.05) is 44.2 Å². The zero-order valence-electron chi connectivity index (χ0n) is 10.6. The van der Waals surface area contributed by atoms with Gasteiger partial charge >= 0.3 is 0 Å². The summed E-state index contributed by atoms with van der Waals surface area (Å²) in [6, 6.07) is 4.26. The fraction of sp³-hybridized carbons (Fsp3) is 0.615. The van der Waals surface area contributed by atoms with Gasteiger partial charge in [0.2, 0.25) is 0 Å². The first kappa shape index (κ1) is 12.3. The molecule has 0 radical (unpaired) electrons. The molecule has 2 rings (SSSR count). The zero-order chi connectivity index (χ0) is 12.1. The number of hydrogen-bond donors (Lipinski definition) is 1. The second-order valence-electron chi connectivity index (χ2n) is 4.63. The molecule has 17 heavy (non-hydrogen) atoms. The lowest BCUT2D eigenvalue weighted by Gasteiger charge is -2.36. The van der Waals surface area contributed by atoms with Gasteiger partial charge in [0.15, 0.2) is 0 Å². The van der Waals surface area contributed by atoms with Gasteiger partial charge in [0.05, 0.1) is 0 Å². The molecule has 94 valence electrons. The molecule has 0 spiro atoms. The van der Waals surface area contributed by atoms with Crippen molar-refractivity contribution in [1.29, 1.82) is 0 Å². The van der Waals surface area contributed by atoms with E-state index >= 15 is 0 Å². The number of aryl methyl sites for hydroxylation is 1. The van der Waals surface area contributed by atoms with E-state index in [1.165, 1.54) is 5.69 Å². The van der Waals surface area contributed by atoms with E-state index in [1.54, 1.807) is 0 Å². The molecule has 0 unspecified atom stereocenters. The first-order valence-electron chi connectivity index (χ1n) is 6.39. The van der Waals surface area contributed by atoms with Crippen molar-refractivity contribution in [3.63, 3.8) is 0 Å². The van der Waals surface area contributed by atoms with Gasteiger partial charge in [0.25, 0.3) is 0 Å². The molecule has 0 amide bonds. The van der Waals surface area contributed by atoms with Gasteiger partial charge in [-0.1, -0.05) is 0 Å². The third-order valence-corrected chi connectivity index (χ3v) is 3.30. The van der Waals surface area contributed by atoms with Crippen LogP contribution in [0.25, 0.3) is 0 Å². The summed E-state index contributed by atoms with van der Waals surface area (Å²) in [5, 5.41) is 0. The van der Waals surface area contributed by atoms with Crippen molar-refractivity contribution < 1.29 is 0 Å². The van der Waals surface area contributed by atoms with Crippen LogP contribution in [-0.4, -0.2) is 49.2 Å². The Balaban J connectivity index is 1.86. The van der Waals surface area contributed by atoms with Crippen molar-refractivity contribution >= 4 is 5.69 Å². The van der Waals surface area contributed by atoms with E-state index in [9.17, 15) is 0 Å². The Morgan fingerprint density at radius 2 is 2.06 bits per heavy atom. The number of nitrogens with zero attached hydrogens (tertiary/aromatic N) is 3. The molecule has 0 bridgehead atoms. The van der Waals surface area contributed by atoms with E-state index in [2.05, 4.69) is 26.9 Å². The maximum absolute atomic E-state index is 5.54. The van der Waals surface area contributed by atoms with Gasteiger partial charge in [0.1, 0.15) is 0 Å². The van der Waals surface area contributed by atoms with Crippen LogP contribution in [0.2, 0.25) is 0 Å². The highest BCUT2D eigenvalue weighted by Gasteiger charge is 2.16. The van der Waals surface area contributed by atoms with Crippen molar-refractivity contribution in [3.05, 3.63) is 24.0 Å². The van der Waals surface area contributed by atoms with Crippen molar-refractivity contribution in [3.8, 4) is 0 Å². The van der Waals surface area contributed by atoms with Gasteiger partial charge in [-0.15, -0.1) is 0 Å². The highest BCUT2D eigenvalue weighted by Crippen LogP contribution is 2.16. The van der Waals surface area contributed by atoms with Crippen molar-refractivity contribution in [2.24, 2.45) is 5.73 Å². The molecule has 0 aromatic carbocycles. The summed E-state index contributed by atoms with van der Waals surface area (Å²) in [6.45, 7) is 8.47. The van der Waals surface area contributed by atoms with Crippen molar-refractivity contribution in [2.45, 2.75) is 13.3 Å². The Morgan fingerprint density at radius 3 is 2.71 bits per heavy atom. The minimum absolute atomic E-state index is 0.795. The number of piperazine rings is 1. The lowest BCUT2D eigenvalue weighted by atomic mass is 10.2. The number of rotatable bonds is 4. The number of anilines is 1. The van der Waals surface area contributed by atoms with Crippen LogP contribution in [0.4, 0.5) is 5.69 Å². The van der Waals surface area contributed by atoms with Crippen LogP contribution in [0.15, 0.2) is 18.3 Å². The Labute approximate surface area is 103 Å². The fourth-order valence-corrected chi connectivity index (χ4v) is 2.27. The van der Waals surface area contributed by atoms with E-state index in [1.807, 2.05) is 13.1 Å². The molecule has 0 aliphatic carbocycles. The fourth-order valence-electron chi connectivity index (χ4n) is 2.27. The molecule has 1 aromatic heterocycles. The molecule has 0 saturated carbocycles. The first-order chi connectivity index (χ1) is 8.29. The lowest BCUT2D eigenvalue weighted by molar-refractivity contribution is 0.256. The normalized spacial score (nSPS) is 17.4. The molecule has 4 heteroatoms. The van der Waals surface area contributed by atoms with Gasteiger partial charge in [-0.25, -0.2) is 0 Å². The summed E-state index contributed by atoms with van der Waals surface area (Å²) < 4.78 is 0. The molecule has 2 N–H and O–H groups in total. The summed E-state index contributed by atoms with van der Waals surface area (Å²) in [7, 11) is 0. The summed E-state index contributed by atoms with van der Waals surface area (Å²) in [5.74, 6) is 0. The van der Waals surface area contributed by atoms with Crippen LogP contribution < -0.4 is 10.6 Å². The molecule has 1 saturated heterocycles. The van der Waals surface area contributed by atoms with E-state index in [-0.39, 0.29) is 0 Å². The maximum Gasteiger partial charge on any atom is 0.0400 e. The molecule has 1 aliphatic heterocycles. The third kappa shape index (κ3) is 3.41. The molecular weight excluding hydrogens is 212 g/mol. The highest BCUT2D eigenvalue weighted by atomic mass is 15.3. The second-order valence-corrected chi connectivity index (χ2v) is 4.63. The molecule has 2 heterocycles. The van der Waals surface area contributed by atoms with E-state index in [4.69, 9.17) is 5.73 Å². The summed E-state index contributed by atoms with van der Waals surface area (Å²) in [4.78, 5) is 9.17. The summed E-state index contributed by atoms with van der Waals surface area (Å²) >= 11 is 0. The predicted molar refractivity (Wildman–Crippen MR) is 71.3 cm³/mol. The average Bonchev–Trinajstić information content (AvgIpc) is 2.37. The Morgan fingerprint density at radius 1 is 1.29 bits per heavy atom. The SMILES string of the molecule is Cc1cc(N2CCN(CCCN)CC2)ccn1. The average molecular weight is 234 g/mol. The Hall–Kier alpha value is -1.13. The molecule has 0 atom stereocenters. The molecule has 1 aromatic rings. The molecule has 1 aliphatic rings. The summed E-state index contributed by atoms with van der Waals surface area (Å²) in [6.07, 6.45) is 3.00. The third-order valence-electron chi connectivity index (χ3n) is 3.30. The molecular formula is C13H22N4. The van der Waals surface area contributed by atoms with Gasteiger partial charge < -0.3 is 10.6 Å². The van der Waals surface area contributed by atoms with E-state index in [0.717, 1.165) is 51.4 Å². The number of nitrogens with two attached hydrogens (primary N) is 1. The smallest absolute Gasteiger partial charge is 0.0400 e. The van der Waals surface area contributed by atoms with Crippen LogP contribution in [0.1, 0.15) is 12.1 Å². The van der Waals surface area contributed by atoms with Gasteiger partial charge in [0, 0.05) is 43.8 Å². The number of hydrogen-bond acceptors (Lipinski definition) is 4. The molecule has 1 fully saturated rings. The lowest BCUT2D eigenvalue weighted by Crippen LogP contribution is -2.46. The Kier molecular flexibility index (Phi) is 4.34. The van der Waals surface area contributed by atoms with Gasteiger partial charge in [-0.2, -0.15) is 0 Å². The quantitative estimate of drug-likeness (QED) is 0.839. The molecule has 4 nitrogen and oxygen atoms in total. The van der Waals surface area contributed by atoms with Gasteiger partial charge in [-0.05, 0) is 38.6 Å². The van der Waals surface area contributed by atoms with Crippen LogP contribution >= 0.6 is 0 Å². The van der Waals surface area contributed by atoms with Crippen LogP contribution in [0.3, 0.4) is 0 Å². The Bertz CT molecular complexity index is 345. The minimum atomic E-state index is 0.795. The largest absolute Gasteiger partial charge is 0.369 e. The zero-order valence-corrected chi connectivity index (χ0v) is 10.6. The van der Waals surface area contributed by atoms with E-state index < -0.39 is 0 Å². The highest BCUT2D eigenvalue weighted by molar-refractivity contribution is 5.46. The monoisotopic (exact) mass is 234 g/mol. The standard InChI is InChI=1S/C13H22N4/c1-12-11-13(3-5-15-12)17-9-7-16(8-10-17)6-2-4-14/h3,5,11H,2,4,6-10,14H2,1H3. The number of pyridine rings is 1. The predicted octanol–water partition coefficient (Wildman–Crippen LogP) is 0.861. The second kappa shape index (κ2) is 5.98. The van der Waals surface area contributed by atoms with Crippen molar-refractivity contribution in [1.82, 2.24) is 9.88 Å². The summed E-state index contributed by atoms with van der Waals surface area (Å²) in [5.41, 5.74) is 7.93. The van der Waals surface area contributed by atoms with E-state index in [0.29, 0.717) is 0 Å². The topological polar surface area (TPSA) is 45.4 Å². The van der Waals surface area contributed by atoms with Crippen LogP contribution in [0, 0.1) is 6.92 Å². The van der Waals surface area contributed by atoms with Gasteiger partial charge in [-0.3, -0.25) is 9.88 Å².